The zero-order chi connectivity index (χ0) is 11.6. The van der Waals surface area contributed by atoms with E-state index in [1.54, 1.807) is 6.92 Å². The fraction of sp³-hybridized carbons (Fsp3) is 0.273. The Kier molecular flexibility index (Phi) is 3.29. The molecule has 4 heteroatoms. The lowest BCUT2D eigenvalue weighted by atomic mass is 10.2. The molecule has 1 aromatic heterocycles. The summed E-state index contributed by atoms with van der Waals surface area (Å²) >= 11 is 0. The van der Waals surface area contributed by atoms with Crippen LogP contribution < -0.4 is 0 Å². The number of H-pyrrole nitrogens is 1. The first-order valence-electron chi connectivity index (χ1n) is 4.76. The summed E-state index contributed by atoms with van der Waals surface area (Å²) in [6.45, 7) is 5.73. The molecule has 0 unspecified atom stereocenters. The fourth-order valence-electron chi connectivity index (χ4n) is 1.33. The van der Waals surface area contributed by atoms with E-state index in [-0.39, 0.29) is 5.39 Å². The molecule has 0 aliphatic carbocycles. The highest BCUT2D eigenvalue weighted by Gasteiger charge is 2.13. The monoisotopic (exact) mass is 213 g/mol. The van der Waals surface area contributed by atoms with Crippen LogP contribution in [-0.4, -0.2) is 10.1 Å². The van der Waals surface area contributed by atoms with Crippen LogP contribution in [-0.2, 0) is 0 Å². The molecule has 0 amide bonds. The SMILES string of the molecule is CC.Cc1cc2c(F)c(O)c(F)cc2[nH]1. The summed E-state index contributed by atoms with van der Waals surface area (Å²) in [7, 11) is 0. The van der Waals surface area contributed by atoms with E-state index >= 15 is 0 Å². The van der Waals surface area contributed by atoms with Crippen LogP contribution in [0.1, 0.15) is 19.5 Å². The zero-order valence-corrected chi connectivity index (χ0v) is 8.86. The van der Waals surface area contributed by atoms with Crippen LogP contribution in [0.5, 0.6) is 5.75 Å². The lowest BCUT2D eigenvalue weighted by Gasteiger charge is -1.97. The van der Waals surface area contributed by atoms with Crippen molar-refractivity contribution in [1.82, 2.24) is 4.98 Å². The summed E-state index contributed by atoms with van der Waals surface area (Å²) in [4.78, 5) is 2.78. The number of rotatable bonds is 0. The minimum absolute atomic E-state index is 0.205. The third-order valence-electron chi connectivity index (χ3n) is 1.92. The van der Waals surface area contributed by atoms with Crippen LogP contribution in [0.4, 0.5) is 8.78 Å². The molecular formula is C11H13F2NO. The molecule has 0 saturated heterocycles. The Bertz CT molecular complexity index is 477. The molecule has 1 aromatic carbocycles. The number of phenols is 1. The number of hydrogen-bond donors (Lipinski definition) is 2. The Balaban J connectivity index is 0.000000531. The summed E-state index contributed by atoms with van der Waals surface area (Å²) in [5.74, 6) is -2.79. The third-order valence-corrected chi connectivity index (χ3v) is 1.92. The quantitative estimate of drug-likeness (QED) is 0.690. The largest absolute Gasteiger partial charge is 0.503 e. The Morgan fingerprint density at radius 1 is 1.20 bits per heavy atom. The smallest absolute Gasteiger partial charge is 0.188 e. The van der Waals surface area contributed by atoms with Gasteiger partial charge in [-0.25, -0.2) is 8.78 Å². The van der Waals surface area contributed by atoms with Gasteiger partial charge in [-0.3, -0.25) is 0 Å². The van der Waals surface area contributed by atoms with Crippen molar-refractivity contribution in [2.24, 2.45) is 0 Å². The molecule has 2 N–H and O–H groups in total. The number of aryl methyl sites for hydroxylation is 1. The van der Waals surface area contributed by atoms with Gasteiger partial charge in [0.25, 0.3) is 0 Å². The molecule has 2 nitrogen and oxygen atoms in total. The molecule has 0 aliphatic rings. The zero-order valence-electron chi connectivity index (χ0n) is 8.86. The molecule has 0 radical (unpaired) electrons. The van der Waals surface area contributed by atoms with Gasteiger partial charge in [0.1, 0.15) is 0 Å². The molecule has 0 atom stereocenters. The topological polar surface area (TPSA) is 36.0 Å². The maximum Gasteiger partial charge on any atom is 0.188 e. The number of halogens is 2. The number of hydrogen-bond acceptors (Lipinski definition) is 1. The van der Waals surface area contributed by atoms with Gasteiger partial charge in [0.15, 0.2) is 17.4 Å². The van der Waals surface area contributed by atoms with Gasteiger partial charge in [-0.15, -0.1) is 0 Å². The van der Waals surface area contributed by atoms with Gasteiger partial charge in [0.2, 0.25) is 0 Å². The molecular weight excluding hydrogens is 200 g/mol. The minimum atomic E-state index is -0.952. The maximum absolute atomic E-state index is 13.2. The molecule has 82 valence electrons. The summed E-state index contributed by atoms with van der Waals surface area (Å²) in [5.41, 5.74) is 1.07. The van der Waals surface area contributed by atoms with Gasteiger partial charge in [0.05, 0.1) is 5.52 Å². The lowest BCUT2D eigenvalue weighted by Crippen LogP contribution is -1.83. The third kappa shape index (κ3) is 1.93. The van der Waals surface area contributed by atoms with Crippen LogP contribution in [0, 0.1) is 18.6 Å². The van der Waals surface area contributed by atoms with Crippen molar-refractivity contribution in [3.63, 3.8) is 0 Å². The van der Waals surface area contributed by atoms with E-state index in [0.717, 1.165) is 11.8 Å². The van der Waals surface area contributed by atoms with Crippen LogP contribution in [0.3, 0.4) is 0 Å². The standard InChI is InChI=1S/C9H7F2NO.C2H6/c1-4-2-5-7(12-4)3-6(10)9(13)8(5)11;1-2/h2-3,12-13H,1H3;1-2H3. The molecule has 0 spiro atoms. The summed E-state index contributed by atoms with van der Waals surface area (Å²) in [6.07, 6.45) is 0. The van der Waals surface area contributed by atoms with E-state index in [4.69, 9.17) is 5.11 Å². The molecule has 1 heterocycles. The lowest BCUT2D eigenvalue weighted by molar-refractivity contribution is 0.400. The highest BCUT2D eigenvalue weighted by Crippen LogP contribution is 2.28. The van der Waals surface area contributed by atoms with E-state index in [1.165, 1.54) is 6.07 Å². The molecule has 2 aromatic rings. The van der Waals surface area contributed by atoms with E-state index in [0.29, 0.717) is 5.52 Å². The average molecular weight is 213 g/mol. The normalized spacial score (nSPS) is 9.93. The van der Waals surface area contributed by atoms with Crippen molar-refractivity contribution < 1.29 is 13.9 Å². The van der Waals surface area contributed by atoms with Gasteiger partial charge >= 0.3 is 0 Å². The Morgan fingerprint density at radius 2 is 1.80 bits per heavy atom. The van der Waals surface area contributed by atoms with Crippen molar-refractivity contribution in [2.45, 2.75) is 20.8 Å². The number of aromatic nitrogens is 1. The number of aromatic hydroxyl groups is 1. The Hall–Kier alpha value is -1.58. The van der Waals surface area contributed by atoms with E-state index in [2.05, 4.69) is 4.98 Å². The second kappa shape index (κ2) is 4.29. The van der Waals surface area contributed by atoms with Crippen molar-refractivity contribution in [2.75, 3.05) is 0 Å². The highest BCUT2D eigenvalue weighted by molar-refractivity contribution is 5.82. The first-order valence-corrected chi connectivity index (χ1v) is 4.76. The molecule has 0 aliphatic heterocycles. The van der Waals surface area contributed by atoms with Crippen molar-refractivity contribution in [1.29, 1.82) is 0 Å². The molecule has 0 saturated carbocycles. The van der Waals surface area contributed by atoms with Gasteiger partial charge < -0.3 is 10.1 Å². The second-order valence-electron chi connectivity index (χ2n) is 2.93. The van der Waals surface area contributed by atoms with Crippen LogP contribution in [0.25, 0.3) is 10.9 Å². The van der Waals surface area contributed by atoms with Crippen molar-refractivity contribution in [3.05, 3.63) is 29.5 Å². The molecule has 0 bridgehead atoms. The van der Waals surface area contributed by atoms with Crippen molar-refractivity contribution >= 4 is 10.9 Å². The van der Waals surface area contributed by atoms with Gasteiger partial charge in [-0.1, -0.05) is 13.8 Å². The summed E-state index contributed by atoms with van der Waals surface area (Å²) in [6, 6.07) is 2.59. The number of fused-ring (bicyclic) bond motifs is 1. The Labute approximate surface area is 86.5 Å². The van der Waals surface area contributed by atoms with Crippen LogP contribution in [0.15, 0.2) is 12.1 Å². The first-order chi connectivity index (χ1) is 7.09. The number of benzene rings is 1. The van der Waals surface area contributed by atoms with E-state index in [1.807, 2.05) is 13.8 Å². The van der Waals surface area contributed by atoms with E-state index in [9.17, 15) is 8.78 Å². The predicted octanol–water partition coefficient (Wildman–Crippen LogP) is 3.49. The van der Waals surface area contributed by atoms with E-state index < -0.39 is 17.4 Å². The molecule has 0 fully saturated rings. The minimum Gasteiger partial charge on any atom is -0.503 e. The average Bonchev–Trinajstić information content (AvgIpc) is 2.59. The van der Waals surface area contributed by atoms with Crippen molar-refractivity contribution in [3.8, 4) is 5.75 Å². The maximum atomic E-state index is 13.2. The number of phenolic OH excluding ortho intramolecular Hbond substituents is 1. The number of nitrogens with one attached hydrogen (secondary N) is 1. The summed E-state index contributed by atoms with van der Waals surface area (Å²) < 4.78 is 26.0. The van der Waals surface area contributed by atoms with Gasteiger partial charge in [-0.2, -0.15) is 0 Å². The number of aromatic amines is 1. The van der Waals surface area contributed by atoms with Crippen LogP contribution in [0.2, 0.25) is 0 Å². The van der Waals surface area contributed by atoms with Gasteiger partial charge in [0, 0.05) is 17.1 Å². The highest BCUT2D eigenvalue weighted by atomic mass is 19.1. The molecule has 2 rings (SSSR count). The van der Waals surface area contributed by atoms with Crippen LogP contribution >= 0.6 is 0 Å². The summed E-state index contributed by atoms with van der Waals surface area (Å²) in [5, 5.41) is 9.15. The Morgan fingerprint density at radius 3 is 2.40 bits per heavy atom. The first kappa shape index (κ1) is 11.5. The molecule has 15 heavy (non-hydrogen) atoms. The fourth-order valence-corrected chi connectivity index (χ4v) is 1.33. The van der Waals surface area contributed by atoms with Gasteiger partial charge in [-0.05, 0) is 13.0 Å². The predicted molar refractivity (Wildman–Crippen MR) is 56.0 cm³/mol. The second-order valence-corrected chi connectivity index (χ2v) is 2.93.